The molecule has 0 fully saturated rings. The van der Waals surface area contributed by atoms with Gasteiger partial charge in [-0.15, -0.1) is 0 Å². The fourth-order valence-electron chi connectivity index (χ4n) is 2.60. The number of ether oxygens (including phenoxy) is 1. The SMILES string of the molecule is C\C=C/C=C(\C=C/C)n1c(CNC(=O)OC(C)(C)C)nc2ccccc2c1=O. The summed E-state index contributed by atoms with van der Waals surface area (Å²) in [5.74, 6) is 0.420. The molecule has 1 heterocycles. The van der Waals surface area contributed by atoms with E-state index in [1.165, 1.54) is 4.57 Å². The van der Waals surface area contributed by atoms with Crippen molar-refractivity contribution in [2.45, 2.75) is 46.8 Å². The lowest BCUT2D eigenvalue weighted by Gasteiger charge is -2.20. The van der Waals surface area contributed by atoms with Crippen LogP contribution in [0.3, 0.4) is 0 Å². The average Bonchev–Trinajstić information content (AvgIpc) is 2.62. The van der Waals surface area contributed by atoms with E-state index in [2.05, 4.69) is 10.3 Å². The van der Waals surface area contributed by atoms with Crippen LogP contribution < -0.4 is 10.9 Å². The van der Waals surface area contributed by atoms with Crippen molar-refractivity contribution < 1.29 is 9.53 Å². The Morgan fingerprint density at radius 3 is 2.57 bits per heavy atom. The lowest BCUT2D eigenvalue weighted by Crippen LogP contribution is -2.34. The van der Waals surface area contributed by atoms with Crippen LogP contribution in [0.15, 0.2) is 59.4 Å². The number of nitrogens with zero attached hydrogens (tertiary/aromatic N) is 2. The lowest BCUT2D eigenvalue weighted by molar-refractivity contribution is 0.0522. The molecular formula is C22H27N3O3. The van der Waals surface area contributed by atoms with Crippen molar-refractivity contribution >= 4 is 22.7 Å². The van der Waals surface area contributed by atoms with E-state index in [1.54, 1.807) is 39.0 Å². The highest BCUT2D eigenvalue weighted by Gasteiger charge is 2.18. The zero-order valence-electron chi connectivity index (χ0n) is 17.0. The number of carbonyl (C=O) groups is 1. The number of benzene rings is 1. The van der Waals surface area contributed by atoms with Gasteiger partial charge in [0.1, 0.15) is 11.4 Å². The number of aromatic nitrogens is 2. The summed E-state index contributed by atoms with van der Waals surface area (Å²) in [5, 5.41) is 3.20. The number of alkyl carbamates (subject to hydrolysis) is 1. The Morgan fingerprint density at radius 1 is 1.21 bits per heavy atom. The molecule has 1 N–H and O–H groups in total. The third-order valence-electron chi connectivity index (χ3n) is 3.69. The van der Waals surface area contributed by atoms with Crippen LogP contribution in [0.1, 0.15) is 40.4 Å². The van der Waals surface area contributed by atoms with E-state index in [1.807, 2.05) is 50.3 Å². The van der Waals surface area contributed by atoms with Crippen molar-refractivity contribution in [3.8, 4) is 0 Å². The minimum atomic E-state index is -0.609. The summed E-state index contributed by atoms with van der Waals surface area (Å²) in [4.78, 5) is 29.9. The Labute approximate surface area is 165 Å². The molecule has 0 radical (unpaired) electrons. The number of para-hydroxylation sites is 1. The number of fused-ring (bicyclic) bond motifs is 1. The van der Waals surface area contributed by atoms with Gasteiger partial charge in [-0.3, -0.25) is 9.36 Å². The number of carbonyl (C=O) groups excluding carboxylic acids is 1. The van der Waals surface area contributed by atoms with E-state index in [0.29, 0.717) is 22.4 Å². The van der Waals surface area contributed by atoms with Gasteiger partial charge in [-0.05, 0) is 58.9 Å². The molecule has 28 heavy (non-hydrogen) atoms. The first-order valence-electron chi connectivity index (χ1n) is 9.20. The fraction of sp³-hybridized carbons (Fsp3) is 0.318. The molecule has 1 aromatic carbocycles. The molecule has 1 aromatic heterocycles. The number of rotatable bonds is 5. The Balaban J connectivity index is 2.56. The van der Waals surface area contributed by atoms with E-state index in [4.69, 9.17) is 4.74 Å². The van der Waals surface area contributed by atoms with Gasteiger partial charge in [0.25, 0.3) is 5.56 Å². The molecule has 1 amide bonds. The van der Waals surface area contributed by atoms with E-state index in [0.717, 1.165) is 0 Å². The Kier molecular flexibility index (Phi) is 6.93. The summed E-state index contributed by atoms with van der Waals surface area (Å²) >= 11 is 0. The average molecular weight is 381 g/mol. The normalized spacial score (nSPS) is 12.8. The third-order valence-corrected chi connectivity index (χ3v) is 3.69. The molecule has 0 saturated carbocycles. The molecule has 0 saturated heterocycles. The second-order valence-corrected chi connectivity index (χ2v) is 7.16. The van der Waals surface area contributed by atoms with E-state index in [-0.39, 0.29) is 12.1 Å². The molecule has 0 unspecified atom stereocenters. The van der Waals surface area contributed by atoms with Crippen LogP contribution in [0.25, 0.3) is 16.6 Å². The number of hydrogen-bond donors (Lipinski definition) is 1. The first kappa shape index (κ1) is 21.2. The molecule has 0 atom stereocenters. The van der Waals surface area contributed by atoms with Crippen molar-refractivity contribution in [2.24, 2.45) is 0 Å². The van der Waals surface area contributed by atoms with E-state index < -0.39 is 11.7 Å². The maximum atomic E-state index is 13.2. The Bertz CT molecular complexity index is 992. The van der Waals surface area contributed by atoms with Crippen LogP contribution in [0.5, 0.6) is 0 Å². The topological polar surface area (TPSA) is 73.2 Å². The summed E-state index contributed by atoms with van der Waals surface area (Å²) < 4.78 is 6.80. The maximum Gasteiger partial charge on any atom is 0.408 e. The zero-order chi connectivity index (χ0) is 20.7. The molecule has 0 spiro atoms. The number of allylic oxidation sites excluding steroid dienone is 6. The monoisotopic (exact) mass is 381 g/mol. The molecule has 0 aliphatic rings. The predicted octanol–water partition coefficient (Wildman–Crippen LogP) is 4.41. The number of nitrogens with one attached hydrogen (secondary N) is 1. The second-order valence-electron chi connectivity index (χ2n) is 7.16. The van der Waals surface area contributed by atoms with Crippen molar-refractivity contribution in [1.29, 1.82) is 0 Å². The Hall–Kier alpha value is -3.15. The summed E-state index contributed by atoms with van der Waals surface area (Å²) in [6, 6.07) is 7.16. The first-order valence-corrected chi connectivity index (χ1v) is 9.20. The van der Waals surface area contributed by atoms with Gasteiger partial charge in [0.2, 0.25) is 0 Å². The van der Waals surface area contributed by atoms with Gasteiger partial charge in [0.15, 0.2) is 0 Å². The zero-order valence-corrected chi connectivity index (χ0v) is 17.0. The molecule has 0 aliphatic carbocycles. The highest BCUT2D eigenvalue weighted by Crippen LogP contribution is 2.14. The summed E-state index contributed by atoms with van der Waals surface area (Å²) in [6.45, 7) is 9.21. The van der Waals surface area contributed by atoms with Gasteiger partial charge < -0.3 is 10.1 Å². The number of hydrogen-bond acceptors (Lipinski definition) is 4. The van der Waals surface area contributed by atoms with Crippen LogP contribution >= 0.6 is 0 Å². The van der Waals surface area contributed by atoms with Crippen LogP contribution in [0.4, 0.5) is 4.79 Å². The molecule has 6 nitrogen and oxygen atoms in total. The van der Waals surface area contributed by atoms with E-state index in [9.17, 15) is 9.59 Å². The van der Waals surface area contributed by atoms with Gasteiger partial charge in [0.05, 0.1) is 23.1 Å². The van der Waals surface area contributed by atoms with Gasteiger partial charge in [-0.2, -0.15) is 0 Å². The molecular weight excluding hydrogens is 354 g/mol. The highest BCUT2D eigenvalue weighted by molar-refractivity contribution is 5.79. The molecule has 2 aromatic rings. The van der Waals surface area contributed by atoms with Gasteiger partial charge in [-0.25, -0.2) is 9.78 Å². The van der Waals surface area contributed by atoms with Crippen molar-refractivity contribution in [1.82, 2.24) is 14.9 Å². The molecule has 2 rings (SSSR count). The largest absolute Gasteiger partial charge is 0.444 e. The molecule has 0 bridgehead atoms. The Morgan fingerprint density at radius 2 is 1.93 bits per heavy atom. The minimum absolute atomic E-state index is 0.0553. The van der Waals surface area contributed by atoms with Crippen molar-refractivity contribution in [3.63, 3.8) is 0 Å². The quantitative estimate of drug-likeness (QED) is 0.779. The van der Waals surface area contributed by atoms with Crippen molar-refractivity contribution in [3.05, 3.63) is 70.8 Å². The summed E-state index contributed by atoms with van der Waals surface area (Å²) in [5.41, 5.74) is 0.434. The first-order chi connectivity index (χ1) is 13.3. The standard InChI is InChI=1S/C22H27N3O3/c1-6-8-12-16(11-7-2)25-19(15-23-21(27)28-22(3,4)5)24-18-14-10-9-13-17(18)20(25)26/h6-14H,15H2,1-5H3,(H,23,27)/b8-6-,11-7-,16-12+. The summed E-state index contributed by atoms with van der Waals surface area (Å²) in [7, 11) is 0. The lowest BCUT2D eigenvalue weighted by atomic mass is 10.2. The maximum absolute atomic E-state index is 13.2. The summed E-state index contributed by atoms with van der Waals surface area (Å²) in [6.07, 6.45) is 8.67. The number of amides is 1. The highest BCUT2D eigenvalue weighted by atomic mass is 16.6. The predicted molar refractivity (Wildman–Crippen MR) is 113 cm³/mol. The van der Waals surface area contributed by atoms with Crippen molar-refractivity contribution in [2.75, 3.05) is 0 Å². The van der Waals surface area contributed by atoms with Gasteiger partial charge >= 0.3 is 6.09 Å². The van der Waals surface area contributed by atoms with Crippen LogP contribution in [-0.4, -0.2) is 21.2 Å². The minimum Gasteiger partial charge on any atom is -0.444 e. The van der Waals surface area contributed by atoms with Gasteiger partial charge in [-0.1, -0.05) is 30.4 Å². The molecule has 0 aliphatic heterocycles. The second kappa shape index (κ2) is 9.17. The van der Waals surface area contributed by atoms with Gasteiger partial charge in [0, 0.05) is 0 Å². The van der Waals surface area contributed by atoms with Crippen LogP contribution in [0.2, 0.25) is 0 Å². The van der Waals surface area contributed by atoms with E-state index >= 15 is 0 Å². The van der Waals surface area contributed by atoms with Crippen LogP contribution in [-0.2, 0) is 11.3 Å². The van der Waals surface area contributed by atoms with Crippen LogP contribution in [0, 0.1) is 0 Å². The smallest absolute Gasteiger partial charge is 0.408 e. The third kappa shape index (κ3) is 5.42. The molecule has 148 valence electrons. The molecule has 6 heteroatoms. The fourth-order valence-corrected chi connectivity index (χ4v) is 2.60.